The predicted molar refractivity (Wildman–Crippen MR) is 127 cm³/mol. The van der Waals surface area contributed by atoms with Gasteiger partial charge in [-0.2, -0.15) is 0 Å². The number of rotatable bonds is 9. The molecule has 1 heterocycles. The number of nitrogens with zero attached hydrogens (tertiary/aromatic N) is 3. The molecule has 0 aliphatic rings. The van der Waals surface area contributed by atoms with Crippen molar-refractivity contribution in [2.24, 2.45) is 4.99 Å². The van der Waals surface area contributed by atoms with Gasteiger partial charge in [-0.15, -0.1) is 35.3 Å². The zero-order chi connectivity index (χ0) is 18.8. The molecule has 0 radical (unpaired) electrons. The third-order valence-corrected chi connectivity index (χ3v) is 5.09. The van der Waals surface area contributed by atoms with Crippen molar-refractivity contribution in [1.29, 1.82) is 0 Å². The molecule has 27 heavy (non-hydrogen) atoms. The Morgan fingerprint density at radius 3 is 2.56 bits per heavy atom. The molecule has 5 nitrogen and oxygen atoms in total. The van der Waals surface area contributed by atoms with E-state index in [1.807, 2.05) is 6.92 Å². The monoisotopic (exact) mass is 501 g/mol. The van der Waals surface area contributed by atoms with E-state index in [4.69, 9.17) is 4.99 Å². The van der Waals surface area contributed by atoms with E-state index in [1.165, 1.54) is 10.4 Å². The summed E-state index contributed by atoms with van der Waals surface area (Å²) in [6, 6.07) is 10.6. The third kappa shape index (κ3) is 9.03. The highest BCUT2D eigenvalue weighted by atomic mass is 127. The number of benzene rings is 1. The molecule has 2 rings (SSSR count). The van der Waals surface area contributed by atoms with Gasteiger partial charge in [0.2, 0.25) is 0 Å². The van der Waals surface area contributed by atoms with Crippen molar-refractivity contribution >= 4 is 41.3 Å². The zero-order valence-electron chi connectivity index (χ0n) is 16.8. The Morgan fingerprint density at radius 1 is 1.19 bits per heavy atom. The van der Waals surface area contributed by atoms with Crippen molar-refractivity contribution in [3.63, 3.8) is 0 Å². The fourth-order valence-corrected chi connectivity index (χ4v) is 3.60. The van der Waals surface area contributed by atoms with E-state index in [0.29, 0.717) is 6.54 Å². The first-order chi connectivity index (χ1) is 12.6. The standard InChI is InChI=1S/C20H31N5S.HI/c1-5-21-20(23-14-19-16(2)24-17(3)26-19)22-12-9-13-25(4)15-18-10-7-6-8-11-18;/h6-8,10-11H,5,9,12-15H2,1-4H3,(H2,21,22,23);1H. The summed E-state index contributed by atoms with van der Waals surface area (Å²) < 4.78 is 0. The molecule has 0 atom stereocenters. The first kappa shape index (κ1) is 23.8. The molecular weight excluding hydrogens is 469 g/mol. The quantitative estimate of drug-likeness (QED) is 0.237. The highest BCUT2D eigenvalue weighted by molar-refractivity contribution is 14.0. The molecule has 7 heteroatoms. The van der Waals surface area contributed by atoms with Crippen LogP contribution >= 0.6 is 35.3 Å². The van der Waals surface area contributed by atoms with E-state index in [2.05, 4.69) is 71.7 Å². The molecular formula is C20H32IN5S. The van der Waals surface area contributed by atoms with Gasteiger partial charge in [-0.05, 0) is 46.3 Å². The van der Waals surface area contributed by atoms with Gasteiger partial charge in [-0.1, -0.05) is 30.3 Å². The van der Waals surface area contributed by atoms with Crippen molar-refractivity contribution in [2.75, 3.05) is 26.7 Å². The molecule has 0 saturated carbocycles. The number of hydrogen-bond donors (Lipinski definition) is 2. The normalized spacial score (nSPS) is 11.4. The molecule has 0 aliphatic heterocycles. The van der Waals surface area contributed by atoms with Crippen LogP contribution in [0.25, 0.3) is 0 Å². The van der Waals surface area contributed by atoms with Crippen LogP contribution in [0.15, 0.2) is 35.3 Å². The number of guanidine groups is 1. The highest BCUT2D eigenvalue weighted by Gasteiger charge is 2.05. The minimum Gasteiger partial charge on any atom is -0.357 e. The molecule has 0 saturated heterocycles. The molecule has 0 amide bonds. The molecule has 150 valence electrons. The summed E-state index contributed by atoms with van der Waals surface area (Å²) in [4.78, 5) is 12.8. The number of aromatic nitrogens is 1. The average Bonchev–Trinajstić information content (AvgIpc) is 2.94. The number of aliphatic imine (C=N–C) groups is 1. The van der Waals surface area contributed by atoms with E-state index < -0.39 is 0 Å². The van der Waals surface area contributed by atoms with E-state index in [9.17, 15) is 0 Å². The lowest BCUT2D eigenvalue weighted by atomic mass is 10.2. The van der Waals surface area contributed by atoms with Crippen molar-refractivity contribution < 1.29 is 0 Å². The summed E-state index contributed by atoms with van der Waals surface area (Å²) in [5.74, 6) is 0.878. The summed E-state index contributed by atoms with van der Waals surface area (Å²) in [5, 5.41) is 7.85. The molecule has 2 aromatic rings. The lowest BCUT2D eigenvalue weighted by molar-refractivity contribution is 0.322. The second kappa shape index (κ2) is 13.1. The van der Waals surface area contributed by atoms with Gasteiger partial charge in [0, 0.05) is 24.5 Å². The average molecular weight is 501 g/mol. The van der Waals surface area contributed by atoms with Crippen LogP contribution in [0.2, 0.25) is 0 Å². The maximum absolute atomic E-state index is 4.69. The van der Waals surface area contributed by atoms with Gasteiger partial charge in [-0.3, -0.25) is 0 Å². The Balaban J connectivity index is 0.00000364. The Hall–Kier alpha value is -1.19. The van der Waals surface area contributed by atoms with E-state index >= 15 is 0 Å². The summed E-state index contributed by atoms with van der Waals surface area (Å²) in [7, 11) is 2.17. The van der Waals surface area contributed by atoms with Gasteiger partial charge < -0.3 is 15.5 Å². The second-order valence-electron chi connectivity index (χ2n) is 6.44. The summed E-state index contributed by atoms with van der Waals surface area (Å²) in [5.41, 5.74) is 2.45. The first-order valence-electron chi connectivity index (χ1n) is 9.26. The van der Waals surface area contributed by atoms with Crippen LogP contribution in [0.1, 0.15) is 34.5 Å². The maximum atomic E-state index is 4.69. The highest BCUT2D eigenvalue weighted by Crippen LogP contribution is 2.17. The van der Waals surface area contributed by atoms with Gasteiger partial charge in [0.1, 0.15) is 0 Å². The molecule has 0 unspecified atom stereocenters. The molecule has 0 aliphatic carbocycles. The minimum absolute atomic E-state index is 0. The van der Waals surface area contributed by atoms with Crippen LogP contribution in [0.4, 0.5) is 0 Å². The molecule has 0 spiro atoms. The van der Waals surface area contributed by atoms with E-state index in [-0.39, 0.29) is 24.0 Å². The third-order valence-electron chi connectivity index (χ3n) is 4.03. The molecule has 1 aromatic heterocycles. The minimum atomic E-state index is 0. The number of thiazole rings is 1. The number of hydrogen-bond acceptors (Lipinski definition) is 4. The summed E-state index contributed by atoms with van der Waals surface area (Å²) in [6.45, 7) is 10.7. The zero-order valence-corrected chi connectivity index (χ0v) is 19.9. The lowest BCUT2D eigenvalue weighted by Crippen LogP contribution is -2.38. The molecule has 1 aromatic carbocycles. The Bertz CT molecular complexity index is 687. The van der Waals surface area contributed by atoms with Crippen LogP contribution in [-0.2, 0) is 13.1 Å². The predicted octanol–water partition coefficient (Wildman–Crippen LogP) is 3.96. The fourth-order valence-electron chi connectivity index (χ4n) is 2.74. The Morgan fingerprint density at radius 2 is 1.93 bits per heavy atom. The summed E-state index contributed by atoms with van der Waals surface area (Å²) in [6.07, 6.45) is 1.08. The Labute approximate surface area is 184 Å². The largest absolute Gasteiger partial charge is 0.357 e. The Kier molecular flexibility index (Phi) is 11.5. The van der Waals surface area contributed by atoms with Crippen molar-refractivity contribution in [2.45, 2.75) is 40.3 Å². The van der Waals surface area contributed by atoms with Crippen LogP contribution in [-0.4, -0.2) is 42.5 Å². The SMILES string of the molecule is CCNC(=NCc1sc(C)nc1C)NCCCN(C)Cc1ccccc1.I. The second-order valence-corrected chi connectivity index (χ2v) is 7.73. The van der Waals surface area contributed by atoms with Crippen molar-refractivity contribution in [3.05, 3.63) is 51.5 Å². The maximum Gasteiger partial charge on any atom is 0.191 e. The van der Waals surface area contributed by atoms with Gasteiger partial charge in [0.25, 0.3) is 0 Å². The molecule has 2 N–H and O–H groups in total. The van der Waals surface area contributed by atoms with Crippen LogP contribution in [0.5, 0.6) is 0 Å². The molecule has 0 bridgehead atoms. The van der Waals surface area contributed by atoms with Crippen LogP contribution in [0.3, 0.4) is 0 Å². The van der Waals surface area contributed by atoms with Gasteiger partial charge >= 0.3 is 0 Å². The van der Waals surface area contributed by atoms with E-state index in [0.717, 1.165) is 49.3 Å². The lowest BCUT2D eigenvalue weighted by Gasteiger charge is -2.17. The molecule has 0 fully saturated rings. The summed E-state index contributed by atoms with van der Waals surface area (Å²) >= 11 is 1.73. The van der Waals surface area contributed by atoms with Crippen molar-refractivity contribution in [1.82, 2.24) is 20.5 Å². The van der Waals surface area contributed by atoms with Gasteiger partial charge in [-0.25, -0.2) is 9.98 Å². The van der Waals surface area contributed by atoms with Crippen LogP contribution in [0, 0.1) is 13.8 Å². The topological polar surface area (TPSA) is 52.6 Å². The number of halogens is 1. The smallest absolute Gasteiger partial charge is 0.191 e. The number of aryl methyl sites for hydroxylation is 2. The first-order valence-corrected chi connectivity index (χ1v) is 10.1. The van der Waals surface area contributed by atoms with Crippen LogP contribution < -0.4 is 10.6 Å². The van der Waals surface area contributed by atoms with E-state index in [1.54, 1.807) is 11.3 Å². The van der Waals surface area contributed by atoms with Gasteiger partial charge in [0.15, 0.2) is 5.96 Å². The van der Waals surface area contributed by atoms with Crippen molar-refractivity contribution in [3.8, 4) is 0 Å². The fraction of sp³-hybridized carbons (Fsp3) is 0.500. The number of nitrogens with one attached hydrogen (secondary N) is 2. The van der Waals surface area contributed by atoms with Gasteiger partial charge in [0.05, 0.1) is 17.2 Å².